The number of nitrogens with zero attached hydrogens (tertiary/aromatic N) is 1. The standard InChI is InChI=1S/C27H31ClNO2/c1-29(2,18-20-30-3)19-21-31-25-16-14-23(15-17-25)26(22-10-6-4-7-11-22)27(28)24-12-8-5-9-13-24/h4-17H,18-21H2,1-3H3/q+1/b27-26+. The SMILES string of the molecule is COCC[N+](C)(C)CCOc1ccc(/C(=C(/Cl)c2ccccc2)c2ccccc2)cc1. The van der Waals surface area contributed by atoms with Crippen molar-refractivity contribution in [3.8, 4) is 5.75 Å². The van der Waals surface area contributed by atoms with Crippen molar-refractivity contribution >= 4 is 22.2 Å². The molecule has 0 bridgehead atoms. The Bertz CT molecular complexity index is 967. The van der Waals surface area contributed by atoms with Crippen LogP contribution in [0.3, 0.4) is 0 Å². The van der Waals surface area contributed by atoms with Gasteiger partial charge < -0.3 is 14.0 Å². The molecule has 0 unspecified atom stereocenters. The van der Waals surface area contributed by atoms with Gasteiger partial charge >= 0.3 is 0 Å². The summed E-state index contributed by atoms with van der Waals surface area (Å²) in [5.41, 5.74) is 4.16. The number of quaternary nitrogens is 1. The van der Waals surface area contributed by atoms with Gasteiger partial charge in [-0.05, 0) is 28.8 Å². The Kier molecular flexibility index (Phi) is 8.30. The van der Waals surface area contributed by atoms with Crippen molar-refractivity contribution in [1.29, 1.82) is 0 Å². The number of benzene rings is 3. The Labute approximate surface area is 191 Å². The van der Waals surface area contributed by atoms with Crippen LogP contribution in [0.4, 0.5) is 0 Å². The van der Waals surface area contributed by atoms with Crippen LogP contribution >= 0.6 is 11.6 Å². The molecule has 0 saturated carbocycles. The number of hydrogen-bond acceptors (Lipinski definition) is 2. The highest BCUT2D eigenvalue weighted by molar-refractivity contribution is 6.53. The van der Waals surface area contributed by atoms with Gasteiger partial charge in [-0.25, -0.2) is 0 Å². The molecule has 4 heteroatoms. The molecule has 0 aliphatic heterocycles. The minimum Gasteiger partial charge on any atom is -0.488 e. The lowest BCUT2D eigenvalue weighted by molar-refractivity contribution is -0.890. The van der Waals surface area contributed by atoms with Gasteiger partial charge in [0.1, 0.15) is 25.4 Å². The molecule has 0 radical (unpaired) electrons. The van der Waals surface area contributed by atoms with E-state index in [4.69, 9.17) is 21.1 Å². The van der Waals surface area contributed by atoms with E-state index < -0.39 is 0 Å². The minimum atomic E-state index is 0.655. The number of halogens is 1. The first-order valence-corrected chi connectivity index (χ1v) is 10.9. The maximum absolute atomic E-state index is 6.89. The number of ether oxygens (including phenoxy) is 2. The summed E-state index contributed by atoms with van der Waals surface area (Å²) >= 11 is 6.89. The van der Waals surface area contributed by atoms with Crippen molar-refractivity contribution in [3.05, 3.63) is 102 Å². The van der Waals surface area contributed by atoms with Gasteiger partial charge in [0.15, 0.2) is 0 Å². The first kappa shape index (κ1) is 23.1. The Balaban J connectivity index is 1.79. The molecular weight excluding hydrogens is 406 g/mol. The van der Waals surface area contributed by atoms with Crippen LogP contribution < -0.4 is 4.74 Å². The average Bonchev–Trinajstić information content (AvgIpc) is 2.80. The van der Waals surface area contributed by atoms with Gasteiger partial charge in [0.25, 0.3) is 0 Å². The van der Waals surface area contributed by atoms with Gasteiger partial charge in [0.05, 0.1) is 25.7 Å². The van der Waals surface area contributed by atoms with Gasteiger partial charge in [0.2, 0.25) is 0 Å². The Morgan fingerprint density at radius 1 is 0.710 bits per heavy atom. The predicted molar refractivity (Wildman–Crippen MR) is 130 cm³/mol. The molecule has 0 amide bonds. The van der Waals surface area contributed by atoms with Crippen molar-refractivity contribution in [3.63, 3.8) is 0 Å². The predicted octanol–water partition coefficient (Wildman–Crippen LogP) is 5.94. The fraction of sp³-hybridized carbons (Fsp3) is 0.259. The van der Waals surface area contributed by atoms with E-state index >= 15 is 0 Å². The van der Waals surface area contributed by atoms with E-state index in [9.17, 15) is 0 Å². The van der Waals surface area contributed by atoms with Crippen LogP contribution in [-0.2, 0) is 4.74 Å². The lowest BCUT2D eigenvalue weighted by atomic mass is 9.95. The fourth-order valence-corrected chi connectivity index (χ4v) is 3.68. The van der Waals surface area contributed by atoms with Crippen molar-refractivity contribution in [1.82, 2.24) is 0 Å². The summed E-state index contributed by atoms with van der Waals surface area (Å²) in [6.45, 7) is 3.28. The van der Waals surface area contributed by atoms with E-state index in [0.29, 0.717) is 6.61 Å². The Morgan fingerprint density at radius 3 is 1.81 bits per heavy atom. The molecule has 0 spiro atoms. The summed E-state index contributed by atoms with van der Waals surface area (Å²) in [5.74, 6) is 0.860. The summed E-state index contributed by atoms with van der Waals surface area (Å²) < 4.78 is 12.1. The summed E-state index contributed by atoms with van der Waals surface area (Å²) in [5, 5.41) is 0.734. The van der Waals surface area contributed by atoms with Crippen molar-refractivity contribution < 1.29 is 14.0 Å². The molecule has 0 fully saturated rings. The zero-order valence-corrected chi connectivity index (χ0v) is 19.3. The van der Waals surface area contributed by atoms with Crippen LogP contribution in [0.1, 0.15) is 16.7 Å². The van der Waals surface area contributed by atoms with Crippen LogP contribution in [0.2, 0.25) is 0 Å². The molecule has 0 aliphatic carbocycles. The number of hydrogen-bond donors (Lipinski definition) is 0. The number of rotatable bonds is 10. The first-order valence-electron chi connectivity index (χ1n) is 10.5. The zero-order chi connectivity index (χ0) is 22.1. The lowest BCUT2D eigenvalue weighted by Gasteiger charge is -2.29. The number of methoxy groups -OCH3 is 1. The van der Waals surface area contributed by atoms with Crippen molar-refractivity contribution in [2.24, 2.45) is 0 Å². The topological polar surface area (TPSA) is 18.5 Å². The third-order valence-corrected chi connectivity index (χ3v) is 5.73. The third kappa shape index (κ3) is 6.70. The summed E-state index contributed by atoms with van der Waals surface area (Å²) in [6.07, 6.45) is 0. The van der Waals surface area contributed by atoms with E-state index in [0.717, 1.165) is 57.2 Å². The van der Waals surface area contributed by atoms with E-state index in [1.165, 1.54) is 0 Å². The molecule has 0 atom stereocenters. The van der Waals surface area contributed by atoms with Gasteiger partial charge in [0, 0.05) is 12.7 Å². The highest BCUT2D eigenvalue weighted by Gasteiger charge is 2.15. The summed E-state index contributed by atoms with van der Waals surface area (Å²) in [4.78, 5) is 0. The molecule has 0 N–H and O–H groups in total. The molecule has 0 heterocycles. The second kappa shape index (κ2) is 11.1. The van der Waals surface area contributed by atoms with Crippen LogP contribution in [0.5, 0.6) is 5.75 Å². The lowest BCUT2D eigenvalue weighted by Crippen LogP contribution is -2.45. The molecule has 3 aromatic carbocycles. The average molecular weight is 437 g/mol. The van der Waals surface area contributed by atoms with Crippen molar-refractivity contribution in [2.75, 3.05) is 47.5 Å². The highest BCUT2D eigenvalue weighted by atomic mass is 35.5. The molecule has 0 saturated heterocycles. The fourth-order valence-electron chi connectivity index (χ4n) is 3.33. The second-order valence-electron chi connectivity index (χ2n) is 8.17. The smallest absolute Gasteiger partial charge is 0.137 e. The molecule has 31 heavy (non-hydrogen) atoms. The summed E-state index contributed by atoms with van der Waals surface area (Å²) in [7, 11) is 6.11. The van der Waals surface area contributed by atoms with Gasteiger partial charge in [-0.2, -0.15) is 0 Å². The molecule has 3 nitrogen and oxygen atoms in total. The van der Waals surface area contributed by atoms with E-state index in [1.54, 1.807) is 7.11 Å². The normalized spacial score (nSPS) is 12.4. The molecule has 162 valence electrons. The number of likely N-dealkylation sites (N-methyl/N-ethyl adjacent to an activating group) is 1. The van der Waals surface area contributed by atoms with Crippen LogP contribution in [0.15, 0.2) is 84.9 Å². The second-order valence-corrected chi connectivity index (χ2v) is 8.55. The molecular formula is C27H31ClNO2+. The maximum Gasteiger partial charge on any atom is 0.137 e. The first-order chi connectivity index (χ1) is 15.0. The summed E-state index contributed by atoms with van der Waals surface area (Å²) in [6, 6.07) is 28.5. The van der Waals surface area contributed by atoms with Crippen LogP contribution in [0.25, 0.3) is 10.6 Å². The molecule has 0 aliphatic rings. The molecule has 3 aromatic rings. The zero-order valence-electron chi connectivity index (χ0n) is 18.6. The third-order valence-electron chi connectivity index (χ3n) is 5.32. The van der Waals surface area contributed by atoms with Gasteiger partial charge in [-0.15, -0.1) is 0 Å². The molecule has 3 rings (SSSR count). The molecule has 0 aromatic heterocycles. The van der Waals surface area contributed by atoms with E-state index in [1.807, 2.05) is 60.7 Å². The minimum absolute atomic E-state index is 0.655. The maximum atomic E-state index is 6.89. The van der Waals surface area contributed by atoms with Gasteiger partial charge in [-0.1, -0.05) is 84.4 Å². The monoisotopic (exact) mass is 436 g/mol. The quantitative estimate of drug-likeness (QED) is 0.289. The Hall–Kier alpha value is -2.59. The van der Waals surface area contributed by atoms with Gasteiger partial charge in [-0.3, -0.25) is 0 Å². The highest BCUT2D eigenvalue weighted by Crippen LogP contribution is 2.35. The van der Waals surface area contributed by atoms with Crippen molar-refractivity contribution in [2.45, 2.75) is 0 Å². The van der Waals surface area contributed by atoms with Crippen LogP contribution in [-0.4, -0.2) is 52.0 Å². The largest absolute Gasteiger partial charge is 0.488 e. The van der Waals surface area contributed by atoms with Crippen LogP contribution in [0, 0.1) is 0 Å². The Morgan fingerprint density at radius 2 is 1.23 bits per heavy atom. The van der Waals surface area contributed by atoms with E-state index in [-0.39, 0.29) is 0 Å². The van der Waals surface area contributed by atoms with E-state index in [2.05, 4.69) is 38.4 Å².